The minimum Gasteiger partial charge on any atom is -0.459 e. The van der Waals surface area contributed by atoms with Crippen molar-refractivity contribution in [2.45, 2.75) is 31.8 Å². The zero-order valence-corrected chi connectivity index (χ0v) is 10.8. The van der Waals surface area contributed by atoms with Gasteiger partial charge >= 0.3 is 6.01 Å². The van der Waals surface area contributed by atoms with Crippen molar-refractivity contribution in [1.29, 1.82) is 0 Å². The molecule has 0 bridgehead atoms. The average Bonchev–Trinajstić information content (AvgIpc) is 2.90. The molecule has 1 aromatic heterocycles. The second-order valence-electron chi connectivity index (χ2n) is 4.64. The van der Waals surface area contributed by atoms with Crippen molar-refractivity contribution in [3.05, 3.63) is 31.1 Å². The highest BCUT2D eigenvalue weighted by atomic mass is 16.5. The van der Waals surface area contributed by atoms with Gasteiger partial charge in [0.2, 0.25) is 0 Å². The van der Waals surface area contributed by atoms with E-state index in [0.29, 0.717) is 6.01 Å². The van der Waals surface area contributed by atoms with Crippen molar-refractivity contribution in [3.8, 4) is 6.01 Å². The molecule has 2 heterocycles. The standard InChI is InChI=1S/C14H21N3O/c1-2-3-7-13(12-17-10-4-5-11-17)18-14-15-8-6-9-16-14/h2,6,8-9,13H,1,3-5,7,10-12H2/t13-/m0/s1. The van der Waals surface area contributed by atoms with E-state index in [2.05, 4.69) is 21.4 Å². The summed E-state index contributed by atoms with van der Waals surface area (Å²) in [5.41, 5.74) is 0. The summed E-state index contributed by atoms with van der Waals surface area (Å²) in [6.07, 6.45) is 10.1. The maximum Gasteiger partial charge on any atom is 0.316 e. The zero-order valence-electron chi connectivity index (χ0n) is 10.8. The number of ether oxygens (including phenoxy) is 1. The van der Waals surface area contributed by atoms with Gasteiger partial charge in [0, 0.05) is 18.9 Å². The van der Waals surface area contributed by atoms with E-state index in [-0.39, 0.29) is 6.10 Å². The Morgan fingerprint density at radius 3 is 2.72 bits per heavy atom. The Balaban J connectivity index is 1.89. The largest absolute Gasteiger partial charge is 0.459 e. The van der Waals surface area contributed by atoms with Gasteiger partial charge in [0.25, 0.3) is 0 Å². The van der Waals surface area contributed by atoms with E-state index in [1.54, 1.807) is 18.5 Å². The van der Waals surface area contributed by atoms with Crippen LogP contribution in [-0.2, 0) is 0 Å². The third-order valence-electron chi connectivity index (χ3n) is 3.17. The molecule has 1 atom stereocenters. The van der Waals surface area contributed by atoms with Gasteiger partial charge in [0.15, 0.2) is 0 Å². The van der Waals surface area contributed by atoms with Gasteiger partial charge in [-0.1, -0.05) is 6.08 Å². The molecule has 1 aliphatic heterocycles. The van der Waals surface area contributed by atoms with Gasteiger partial charge in [-0.3, -0.25) is 4.90 Å². The fraction of sp³-hybridized carbons (Fsp3) is 0.571. The second-order valence-corrected chi connectivity index (χ2v) is 4.64. The first-order valence-corrected chi connectivity index (χ1v) is 6.65. The number of aromatic nitrogens is 2. The summed E-state index contributed by atoms with van der Waals surface area (Å²) in [6.45, 7) is 7.10. The van der Waals surface area contributed by atoms with Crippen molar-refractivity contribution in [1.82, 2.24) is 14.9 Å². The number of rotatable bonds is 7. The maximum absolute atomic E-state index is 5.87. The molecule has 1 aliphatic rings. The molecular weight excluding hydrogens is 226 g/mol. The van der Waals surface area contributed by atoms with E-state index in [4.69, 9.17) is 4.74 Å². The van der Waals surface area contributed by atoms with Crippen LogP contribution in [0.2, 0.25) is 0 Å². The molecule has 0 radical (unpaired) electrons. The SMILES string of the molecule is C=CCC[C@@H](CN1CCCC1)Oc1ncccn1. The van der Waals surface area contributed by atoms with Gasteiger partial charge in [0.1, 0.15) is 6.10 Å². The Morgan fingerprint density at radius 2 is 2.06 bits per heavy atom. The first-order valence-electron chi connectivity index (χ1n) is 6.65. The van der Waals surface area contributed by atoms with Gasteiger partial charge in [-0.2, -0.15) is 0 Å². The van der Waals surface area contributed by atoms with Gasteiger partial charge in [-0.25, -0.2) is 9.97 Å². The monoisotopic (exact) mass is 247 g/mol. The van der Waals surface area contributed by atoms with Crippen LogP contribution in [0.4, 0.5) is 0 Å². The lowest BCUT2D eigenvalue weighted by Crippen LogP contribution is -2.34. The molecule has 1 fully saturated rings. The number of likely N-dealkylation sites (tertiary alicyclic amines) is 1. The first-order chi connectivity index (χ1) is 8.88. The van der Waals surface area contributed by atoms with Crippen LogP contribution in [0.1, 0.15) is 25.7 Å². The van der Waals surface area contributed by atoms with Gasteiger partial charge in [-0.15, -0.1) is 6.58 Å². The number of nitrogens with zero attached hydrogens (tertiary/aromatic N) is 3. The minimum absolute atomic E-state index is 0.156. The zero-order chi connectivity index (χ0) is 12.6. The molecule has 0 aliphatic carbocycles. The van der Waals surface area contributed by atoms with Crippen molar-refractivity contribution >= 4 is 0 Å². The molecule has 1 saturated heterocycles. The molecule has 18 heavy (non-hydrogen) atoms. The van der Waals surface area contributed by atoms with Crippen LogP contribution < -0.4 is 4.74 Å². The smallest absolute Gasteiger partial charge is 0.316 e. The summed E-state index contributed by atoms with van der Waals surface area (Å²) in [4.78, 5) is 10.7. The highest BCUT2D eigenvalue weighted by Crippen LogP contribution is 2.13. The minimum atomic E-state index is 0.156. The molecule has 98 valence electrons. The van der Waals surface area contributed by atoms with E-state index in [1.165, 1.54) is 25.9 Å². The fourth-order valence-corrected chi connectivity index (χ4v) is 2.24. The fourth-order valence-electron chi connectivity index (χ4n) is 2.24. The average molecular weight is 247 g/mol. The number of hydrogen-bond acceptors (Lipinski definition) is 4. The lowest BCUT2D eigenvalue weighted by atomic mass is 10.2. The van der Waals surface area contributed by atoms with Crippen molar-refractivity contribution < 1.29 is 4.74 Å². The molecule has 2 rings (SSSR count). The molecule has 0 N–H and O–H groups in total. The predicted molar refractivity (Wildman–Crippen MR) is 71.6 cm³/mol. The van der Waals surface area contributed by atoms with Crippen LogP contribution in [0.15, 0.2) is 31.1 Å². The molecule has 0 spiro atoms. The van der Waals surface area contributed by atoms with Crippen LogP contribution in [0.25, 0.3) is 0 Å². The van der Waals surface area contributed by atoms with Crippen molar-refractivity contribution in [2.75, 3.05) is 19.6 Å². The van der Waals surface area contributed by atoms with Gasteiger partial charge < -0.3 is 4.74 Å². The third-order valence-corrected chi connectivity index (χ3v) is 3.17. The summed E-state index contributed by atoms with van der Waals surface area (Å²) >= 11 is 0. The van der Waals surface area contributed by atoms with Crippen molar-refractivity contribution in [2.24, 2.45) is 0 Å². The maximum atomic E-state index is 5.87. The van der Waals surface area contributed by atoms with E-state index in [1.807, 2.05) is 6.08 Å². The lowest BCUT2D eigenvalue weighted by Gasteiger charge is -2.23. The Kier molecular flexibility index (Phi) is 5.15. The topological polar surface area (TPSA) is 38.2 Å². The van der Waals surface area contributed by atoms with Gasteiger partial charge in [-0.05, 0) is 44.8 Å². The van der Waals surface area contributed by atoms with E-state index < -0.39 is 0 Å². The summed E-state index contributed by atoms with van der Waals surface area (Å²) in [6, 6.07) is 2.28. The molecule has 0 amide bonds. The Hall–Kier alpha value is -1.42. The number of allylic oxidation sites excluding steroid dienone is 1. The Labute approximate surface area is 109 Å². The van der Waals surface area contributed by atoms with Gasteiger partial charge in [0.05, 0.1) is 0 Å². The first kappa shape index (κ1) is 13.0. The molecule has 0 aromatic carbocycles. The van der Waals surface area contributed by atoms with Crippen molar-refractivity contribution in [3.63, 3.8) is 0 Å². The van der Waals surface area contributed by atoms with Crippen LogP contribution in [0.3, 0.4) is 0 Å². The number of hydrogen-bond donors (Lipinski definition) is 0. The van der Waals surface area contributed by atoms with E-state index >= 15 is 0 Å². The Bertz CT molecular complexity index is 349. The summed E-state index contributed by atoms with van der Waals surface area (Å²) in [5.74, 6) is 0. The summed E-state index contributed by atoms with van der Waals surface area (Å²) < 4.78 is 5.87. The molecule has 4 nitrogen and oxygen atoms in total. The van der Waals surface area contributed by atoms with Crippen LogP contribution in [0.5, 0.6) is 6.01 Å². The molecule has 4 heteroatoms. The van der Waals surface area contributed by atoms with Crippen LogP contribution in [0, 0.1) is 0 Å². The third kappa shape index (κ3) is 4.11. The predicted octanol–water partition coefficient (Wildman–Crippen LogP) is 2.29. The second kappa shape index (κ2) is 7.11. The lowest BCUT2D eigenvalue weighted by molar-refractivity contribution is 0.129. The highest BCUT2D eigenvalue weighted by molar-refractivity contribution is 4.95. The quantitative estimate of drug-likeness (QED) is 0.693. The van der Waals surface area contributed by atoms with E-state index in [9.17, 15) is 0 Å². The Morgan fingerprint density at radius 1 is 1.33 bits per heavy atom. The molecule has 0 unspecified atom stereocenters. The summed E-state index contributed by atoms with van der Waals surface area (Å²) in [5, 5.41) is 0. The van der Waals surface area contributed by atoms with Crippen LogP contribution in [-0.4, -0.2) is 40.6 Å². The summed E-state index contributed by atoms with van der Waals surface area (Å²) in [7, 11) is 0. The van der Waals surface area contributed by atoms with Crippen LogP contribution >= 0.6 is 0 Å². The van der Waals surface area contributed by atoms with E-state index in [0.717, 1.165) is 19.4 Å². The highest BCUT2D eigenvalue weighted by Gasteiger charge is 2.19. The molecule has 0 saturated carbocycles. The molecular formula is C14H21N3O. The molecule has 1 aromatic rings. The normalized spacial score (nSPS) is 17.6.